The summed E-state index contributed by atoms with van der Waals surface area (Å²) in [5.74, 6) is -1.09. The van der Waals surface area contributed by atoms with Crippen LogP contribution in [0.15, 0.2) is 0 Å². The van der Waals surface area contributed by atoms with Crippen molar-refractivity contribution in [1.29, 1.82) is 0 Å². The molecule has 0 unspecified atom stereocenters. The van der Waals surface area contributed by atoms with Crippen molar-refractivity contribution in [3.05, 3.63) is 0 Å². The van der Waals surface area contributed by atoms with E-state index in [9.17, 15) is 24.4 Å². The van der Waals surface area contributed by atoms with Crippen LogP contribution in [0.25, 0.3) is 0 Å². The van der Waals surface area contributed by atoms with E-state index in [-0.39, 0.29) is 0 Å². The molecular formula is C7H16O11P2. The molecule has 0 saturated heterocycles. The molecule has 4 atom stereocenters. The van der Waals surface area contributed by atoms with Crippen LogP contribution in [-0.2, 0) is 18.2 Å². The third-order valence-electron chi connectivity index (χ3n) is 2.98. The number of hydrogen-bond donors (Lipinski definition) is 7. The van der Waals surface area contributed by atoms with E-state index < -0.39 is 59.0 Å². The molecule has 0 bridgehead atoms. The first-order chi connectivity index (χ1) is 8.90. The minimum Gasteiger partial charge on any atom is -0.393 e. The summed E-state index contributed by atoms with van der Waals surface area (Å²) in [6.07, 6.45) is -3.96. The Bertz CT molecular complexity index is 428. The fraction of sp³-hybridized carbons (Fsp3) is 1.00. The molecule has 20 heavy (non-hydrogen) atoms. The molecule has 0 radical (unpaired) electrons. The predicted molar refractivity (Wildman–Crippen MR) is 61.1 cm³/mol. The van der Waals surface area contributed by atoms with E-state index in [2.05, 4.69) is 9.05 Å². The molecule has 0 heterocycles. The maximum Gasteiger partial charge on any atom is 0.470 e. The summed E-state index contributed by atoms with van der Waals surface area (Å²) in [4.78, 5) is 34.6. The van der Waals surface area contributed by atoms with Gasteiger partial charge in [0.15, 0.2) is 0 Å². The van der Waals surface area contributed by atoms with E-state index in [1.54, 1.807) is 0 Å². The SMILES string of the molecule is O=P(O)(O)OC[C@H]1C[C@@](CO)(OP(=O)(O)O)[C@@H](O)[C@@H]1O. The van der Waals surface area contributed by atoms with Crippen molar-refractivity contribution in [2.75, 3.05) is 13.2 Å². The molecule has 7 N–H and O–H groups in total. The van der Waals surface area contributed by atoms with Gasteiger partial charge in [-0.25, -0.2) is 9.13 Å². The lowest BCUT2D eigenvalue weighted by molar-refractivity contribution is -0.105. The van der Waals surface area contributed by atoms with Crippen LogP contribution >= 0.6 is 15.6 Å². The van der Waals surface area contributed by atoms with Gasteiger partial charge in [-0.2, -0.15) is 0 Å². The highest BCUT2D eigenvalue weighted by Gasteiger charge is 2.56. The normalized spacial score (nSPS) is 35.5. The summed E-state index contributed by atoms with van der Waals surface area (Å²) < 4.78 is 29.9. The molecule has 0 aromatic heterocycles. The maximum absolute atomic E-state index is 10.8. The zero-order chi connectivity index (χ0) is 15.8. The third-order valence-corrected chi connectivity index (χ3v) is 4.07. The Morgan fingerprint density at radius 2 is 1.65 bits per heavy atom. The molecule has 13 heteroatoms. The molecule has 1 saturated carbocycles. The fourth-order valence-electron chi connectivity index (χ4n) is 2.12. The first-order valence-electron chi connectivity index (χ1n) is 5.33. The zero-order valence-corrected chi connectivity index (χ0v) is 11.8. The Labute approximate surface area is 113 Å². The van der Waals surface area contributed by atoms with Crippen LogP contribution < -0.4 is 0 Å². The van der Waals surface area contributed by atoms with Gasteiger partial charge in [0.05, 0.1) is 19.3 Å². The van der Waals surface area contributed by atoms with Gasteiger partial charge in [-0.1, -0.05) is 0 Å². The summed E-state index contributed by atoms with van der Waals surface area (Å²) in [6, 6.07) is 0. The largest absolute Gasteiger partial charge is 0.470 e. The minimum absolute atomic E-state index is 0.461. The number of hydrogen-bond acceptors (Lipinski definition) is 7. The second kappa shape index (κ2) is 6.07. The fourth-order valence-corrected chi connectivity index (χ4v) is 3.22. The van der Waals surface area contributed by atoms with Gasteiger partial charge in [0.1, 0.15) is 11.7 Å². The van der Waals surface area contributed by atoms with Gasteiger partial charge in [0.2, 0.25) is 0 Å². The third kappa shape index (κ3) is 4.55. The summed E-state index contributed by atoms with van der Waals surface area (Å²) in [7, 11) is -9.87. The smallest absolute Gasteiger partial charge is 0.393 e. The molecule has 11 nitrogen and oxygen atoms in total. The number of rotatable bonds is 6. The number of phosphoric acid groups is 2. The van der Waals surface area contributed by atoms with E-state index in [4.69, 9.17) is 19.6 Å². The van der Waals surface area contributed by atoms with E-state index in [0.29, 0.717) is 0 Å². The Kier molecular flexibility index (Phi) is 5.51. The molecule has 0 spiro atoms. The Morgan fingerprint density at radius 1 is 1.10 bits per heavy atom. The zero-order valence-electron chi connectivity index (χ0n) is 10.0. The molecule has 1 rings (SSSR count). The summed E-state index contributed by atoms with van der Waals surface area (Å²) in [6.45, 7) is -1.70. The van der Waals surface area contributed by atoms with Crippen molar-refractivity contribution >= 4 is 15.6 Å². The maximum atomic E-state index is 10.8. The van der Waals surface area contributed by atoms with Crippen molar-refractivity contribution in [2.24, 2.45) is 5.92 Å². The van der Waals surface area contributed by atoms with Gasteiger partial charge in [-0.05, 0) is 6.42 Å². The van der Waals surface area contributed by atoms with Crippen LogP contribution in [0.1, 0.15) is 6.42 Å². The summed E-state index contributed by atoms with van der Waals surface area (Å²) in [5.41, 5.74) is -2.14. The van der Waals surface area contributed by atoms with Gasteiger partial charge in [-0.15, -0.1) is 0 Å². The topological polar surface area (TPSA) is 194 Å². The standard InChI is InChI=1S/C7H16O11P2/c8-3-7(18-20(14,15)16)1-4(5(9)6(7)10)2-17-19(11,12)13/h4-6,8-10H,1-3H2,(H2,11,12,13)(H2,14,15,16)/t4-,5-,6+,7+/m1/s1. The molecule has 0 aromatic carbocycles. The van der Waals surface area contributed by atoms with Gasteiger partial charge in [0, 0.05) is 5.92 Å². The van der Waals surface area contributed by atoms with E-state index in [1.807, 2.05) is 0 Å². The predicted octanol–water partition coefficient (Wildman–Crippen LogP) is -2.32. The number of phosphoric ester groups is 2. The highest BCUT2D eigenvalue weighted by molar-refractivity contribution is 7.46. The average Bonchev–Trinajstić information content (AvgIpc) is 2.49. The summed E-state index contributed by atoms with van der Waals surface area (Å²) >= 11 is 0. The molecule has 120 valence electrons. The van der Waals surface area contributed by atoms with E-state index >= 15 is 0 Å². The van der Waals surface area contributed by atoms with Crippen LogP contribution in [0, 0.1) is 5.92 Å². The quantitative estimate of drug-likeness (QED) is 0.257. The van der Waals surface area contributed by atoms with Crippen LogP contribution in [0.3, 0.4) is 0 Å². The van der Waals surface area contributed by atoms with E-state index in [0.717, 1.165) is 0 Å². The molecule has 1 aliphatic rings. The first kappa shape index (κ1) is 18.1. The molecule has 0 aliphatic heterocycles. The van der Waals surface area contributed by atoms with Gasteiger partial charge in [-0.3, -0.25) is 9.05 Å². The molecule has 0 amide bonds. The molecule has 1 fully saturated rings. The van der Waals surface area contributed by atoms with Gasteiger partial charge >= 0.3 is 15.6 Å². The second-order valence-electron chi connectivity index (χ2n) is 4.49. The van der Waals surface area contributed by atoms with Crippen molar-refractivity contribution in [1.82, 2.24) is 0 Å². The Hall–Kier alpha value is 0.1000. The monoisotopic (exact) mass is 338 g/mol. The highest BCUT2D eigenvalue weighted by Crippen LogP contribution is 2.50. The number of aliphatic hydroxyl groups excluding tert-OH is 3. The van der Waals surface area contributed by atoms with Crippen LogP contribution in [0.5, 0.6) is 0 Å². The molecule has 1 aliphatic carbocycles. The Balaban J connectivity index is 2.85. The van der Waals surface area contributed by atoms with Gasteiger partial charge < -0.3 is 34.9 Å². The Morgan fingerprint density at radius 3 is 2.05 bits per heavy atom. The minimum atomic E-state index is -5.06. The van der Waals surface area contributed by atoms with Crippen molar-refractivity contribution in [2.45, 2.75) is 24.2 Å². The van der Waals surface area contributed by atoms with Crippen LogP contribution in [0.4, 0.5) is 0 Å². The van der Waals surface area contributed by atoms with Gasteiger partial charge in [0.25, 0.3) is 0 Å². The van der Waals surface area contributed by atoms with E-state index in [1.165, 1.54) is 0 Å². The number of aliphatic hydroxyl groups is 3. The van der Waals surface area contributed by atoms with Crippen LogP contribution in [-0.4, -0.2) is 65.9 Å². The second-order valence-corrected chi connectivity index (χ2v) is 6.89. The molecular weight excluding hydrogens is 322 g/mol. The summed E-state index contributed by atoms with van der Waals surface area (Å²) in [5, 5.41) is 28.6. The van der Waals surface area contributed by atoms with Crippen molar-refractivity contribution in [3.8, 4) is 0 Å². The lowest BCUT2D eigenvalue weighted by atomic mass is 10.0. The van der Waals surface area contributed by atoms with Crippen molar-refractivity contribution < 1.29 is 53.1 Å². The molecule has 0 aromatic rings. The first-order valence-corrected chi connectivity index (χ1v) is 8.40. The van der Waals surface area contributed by atoms with Crippen LogP contribution in [0.2, 0.25) is 0 Å². The van der Waals surface area contributed by atoms with Crippen molar-refractivity contribution in [3.63, 3.8) is 0 Å². The average molecular weight is 338 g/mol. The lowest BCUT2D eigenvalue weighted by Crippen LogP contribution is -2.46. The lowest BCUT2D eigenvalue weighted by Gasteiger charge is -2.30. The highest BCUT2D eigenvalue weighted by atomic mass is 31.2.